The lowest BCUT2D eigenvalue weighted by atomic mass is 9.65. The summed E-state index contributed by atoms with van der Waals surface area (Å²) in [6.45, 7) is 7.32. The molecule has 7 N–H and O–H groups in total. The van der Waals surface area contributed by atoms with Crippen LogP contribution in [-0.4, -0.2) is 97.9 Å². The van der Waals surface area contributed by atoms with Gasteiger partial charge in [0.2, 0.25) is 11.8 Å². The standard InChI is InChI=1S/C30H54FN7O2/c1-21(39)38-16-12-30(20-38)10-14-37(15-11-30)25-6-13-34-19-24(25)36-28(40)26(27(32)33)23-17-29(7-3-2-4-8-29)9-5-22(31)18-35-23/h22-27,34-35H,2-20,32-33H2,1H3,(H,36,40). The number of nitrogens with one attached hydrogen (secondary N) is 3. The van der Waals surface area contributed by atoms with Gasteiger partial charge in [0.25, 0.3) is 0 Å². The summed E-state index contributed by atoms with van der Waals surface area (Å²) in [4.78, 5) is 30.4. The number of piperidine rings is 2. The predicted molar refractivity (Wildman–Crippen MR) is 155 cm³/mol. The lowest BCUT2D eigenvalue weighted by molar-refractivity contribution is -0.129. The third-order valence-electron chi connectivity index (χ3n) is 11.3. The first-order chi connectivity index (χ1) is 19.2. The molecule has 2 spiro atoms. The molecule has 1 aliphatic carbocycles. The number of carbonyl (C=O) groups excluding carboxylic acids is 2. The number of nitrogens with two attached hydrogens (primary N) is 2. The van der Waals surface area contributed by atoms with Crippen LogP contribution in [0.4, 0.5) is 4.39 Å². The van der Waals surface area contributed by atoms with Gasteiger partial charge in [-0.3, -0.25) is 14.5 Å². The molecule has 2 amide bonds. The zero-order chi connectivity index (χ0) is 28.3. The van der Waals surface area contributed by atoms with Crippen LogP contribution in [-0.2, 0) is 9.59 Å². The smallest absolute Gasteiger partial charge is 0.227 e. The van der Waals surface area contributed by atoms with Crippen molar-refractivity contribution in [3.8, 4) is 0 Å². The second kappa shape index (κ2) is 12.9. The van der Waals surface area contributed by atoms with Crippen LogP contribution in [0.15, 0.2) is 0 Å². The first-order valence-corrected chi connectivity index (χ1v) is 16.1. The van der Waals surface area contributed by atoms with Gasteiger partial charge in [-0.15, -0.1) is 0 Å². The van der Waals surface area contributed by atoms with E-state index in [9.17, 15) is 14.0 Å². The molecule has 10 heteroatoms. The Kier molecular flexibility index (Phi) is 9.72. The van der Waals surface area contributed by atoms with Crippen LogP contribution in [0.1, 0.15) is 84.0 Å². The Hall–Kier alpha value is -1.33. The summed E-state index contributed by atoms with van der Waals surface area (Å²) in [6, 6.07) is 0.000707. The number of hydrogen-bond donors (Lipinski definition) is 5. The number of rotatable bonds is 5. The molecule has 4 heterocycles. The molecule has 5 atom stereocenters. The minimum Gasteiger partial charge on any atom is -0.350 e. The van der Waals surface area contributed by atoms with Gasteiger partial charge in [-0.25, -0.2) is 4.39 Å². The fourth-order valence-corrected chi connectivity index (χ4v) is 8.77. The SMILES string of the molecule is CC(=O)N1CCC2(CCN(C3CCNCC3NC(=O)C(C(N)N)C3CC4(CCCCC4)CCC(F)CN3)CC2)C1. The van der Waals surface area contributed by atoms with Gasteiger partial charge in [0, 0.05) is 45.2 Å². The molecule has 40 heavy (non-hydrogen) atoms. The highest BCUT2D eigenvalue weighted by Gasteiger charge is 2.45. The van der Waals surface area contributed by atoms with E-state index in [0.29, 0.717) is 6.42 Å². The van der Waals surface area contributed by atoms with Crippen LogP contribution in [0.2, 0.25) is 0 Å². The number of alkyl halides is 1. The van der Waals surface area contributed by atoms with E-state index in [1.165, 1.54) is 19.3 Å². The summed E-state index contributed by atoms with van der Waals surface area (Å²) in [7, 11) is 0. The summed E-state index contributed by atoms with van der Waals surface area (Å²) < 4.78 is 14.7. The molecule has 0 aromatic heterocycles. The van der Waals surface area contributed by atoms with E-state index >= 15 is 0 Å². The number of carbonyl (C=O) groups is 2. The Morgan fingerprint density at radius 3 is 2.35 bits per heavy atom. The summed E-state index contributed by atoms with van der Waals surface area (Å²) >= 11 is 0. The lowest BCUT2D eigenvalue weighted by Gasteiger charge is -2.47. The molecule has 5 rings (SSSR count). The summed E-state index contributed by atoms with van der Waals surface area (Å²) in [5, 5.41) is 10.3. The minimum absolute atomic E-state index is 0.0278. The third kappa shape index (κ3) is 6.83. The average Bonchev–Trinajstić information content (AvgIpc) is 3.35. The molecular weight excluding hydrogens is 509 g/mol. The van der Waals surface area contributed by atoms with E-state index in [1.807, 2.05) is 4.90 Å². The van der Waals surface area contributed by atoms with Crippen molar-refractivity contribution in [2.45, 2.75) is 114 Å². The van der Waals surface area contributed by atoms with E-state index in [2.05, 4.69) is 20.9 Å². The second-order valence-electron chi connectivity index (χ2n) is 13.9. The molecule has 0 radical (unpaired) electrons. The summed E-state index contributed by atoms with van der Waals surface area (Å²) in [5.41, 5.74) is 13.0. The van der Waals surface area contributed by atoms with Crippen molar-refractivity contribution in [3.05, 3.63) is 0 Å². The lowest BCUT2D eigenvalue weighted by Crippen LogP contribution is -2.65. The van der Waals surface area contributed by atoms with E-state index < -0.39 is 18.3 Å². The Morgan fingerprint density at radius 2 is 1.68 bits per heavy atom. The molecule has 0 aromatic carbocycles. The topological polar surface area (TPSA) is 129 Å². The molecular formula is C30H54FN7O2. The predicted octanol–water partition coefficient (Wildman–Crippen LogP) is 1.46. The molecule has 228 valence electrons. The van der Waals surface area contributed by atoms with Crippen molar-refractivity contribution in [3.63, 3.8) is 0 Å². The summed E-state index contributed by atoms with van der Waals surface area (Å²) in [5.74, 6) is -0.523. The number of hydrogen-bond acceptors (Lipinski definition) is 7. The van der Waals surface area contributed by atoms with Crippen LogP contribution in [0.25, 0.3) is 0 Å². The monoisotopic (exact) mass is 563 g/mol. The van der Waals surface area contributed by atoms with Gasteiger partial charge in [-0.2, -0.15) is 0 Å². The van der Waals surface area contributed by atoms with Crippen molar-refractivity contribution in [2.75, 3.05) is 45.8 Å². The van der Waals surface area contributed by atoms with Crippen LogP contribution in [0.3, 0.4) is 0 Å². The molecule has 0 aromatic rings. The number of likely N-dealkylation sites (tertiary alicyclic amines) is 2. The van der Waals surface area contributed by atoms with E-state index in [0.717, 1.165) is 90.6 Å². The Bertz CT molecular complexity index is 874. The van der Waals surface area contributed by atoms with Crippen LogP contribution < -0.4 is 27.4 Å². The maximum absolute atomic E-state index is 14.7. The normalized spacial score (nSPS) is 34.0. The van der Waals surface area contributed by atoms with Crippen molar-refractivity contribution in [1.82, 2.24) is 25.8 Å². The highest BCUT2D eigenvalue weighted by molar-refractivity contribution is 5.80. The van der Waals surface area contributed by atoms with Crippen LogP contribution in [0, 0.1) is 16.7 Å². The zero-order valence-electron chi connectivity index (χ0n) is 24.6. The third-order valence-corrected chi connectivity index (χ3v) is 11.3. The quantitative estimate of drug-likeness (QED) is 0.320. The van der Waals surface area contributed by atoms with Crippen molar-refractivity contribution >= 4 is 11.8 Å². The number of amides is 2. The van der Waals surface area contributed by atoms with Crippen LogP contribution >= 0.6 is 0 Å². The molecule has 4 saturated heterocycles. The molecule has 4 aliphatic heterocycles. The van der Waals surface area contributed by atoms with Gasteiger partial charge in [0.05, 0.1) is 18.1 Å². The fourth-order valence-electron chi connectivity index (χ4n) is 8.77. The maximum Gasteiger partial charge on any atom is 0.227 e. The van der Waals surface area contributed by atoms with Gasteiger partial charge in [-0.05, 0) is 88.3 Å². The van der Waals surface area contributed by atoms with Gasteiger partial charge in [0.1, 0.15) is 6.17 Å². The van der Waals surface area contributed by atoms with Gasteiger partial charge < -0.3 is 32.3 Å². The second-order valence-corrected chi connectivity index (χ2v) is 13.9. The minimum atomic E-state index is -0.906. The van der Waals surface area contributed by atoms with Crippen LogP contribution in [0.5, 0.6) is 0 Å². The summed E-state index contributed by atoms with van der Waals surface area (Å²) in [6.07, 6.45) is 10.6. The first-order valence-electron chi connectivity index (χ1n) is 16.1. The highest BCUT2D eigenvalue weighted by atomic mass is 19.1. The fraction of sp³-hybridized carbons (Fsp3) is 0.933. The molecule has 5 unspecified atom stereocenters. The Morgan fingerprint density at radius 1 is 0.950 bits per heavy atom. The van der Waals surface area contributed by atoms with Crippen molar-refractivity contribution in [1.29, 1.82) is 0 Å². The number of nitrogens with zero attached hydrogens (tertiary/aromatic N) is 2. The number of halogens is 1. The molecule has 5 aliphatic rings. The maximum atomic E-state index is 14.7. The van der Waals surface area contributed by atoms with Gasteiger partial charge in [0.15, 0.2) is 0 Å². The largest absolute Gasteiger partial charge is 0.350 e. The first kappa shape index (κ1) is 30.1. The van der Waals surface area contributed by atoms with E-state index in [4.69, 9.17) is 11.5 Å². The van der Waals surface area contributed by atoms with Gasteiger partial charge in [-0.1, -0.05) is 19.3 Å². The molecule has 9 nitrogen and oxygen atoms in total. The van der Waals surface area contributed by atoms with Crippen molar-refractivity contribution < 1.29 is 14.0 Å². The molecule has 0 bridgehead atoms. The average molecular weight is 564 g/mol. The Balaban J connectivity index is 1.24. The van der Waals surface area contributed by atoms with E-state index in [-0.39, 0.29) is 47.3 Å². The van der Waals surface area contributed by atoms with E-state index in [1.54, 1.807) is 6.92 Å². The molecule has 1 saturated carbocycles. The highest BCUT2D eigenvalue weighted by Crippen LogP contribution is 2.46. The van der Waals surface area contributed by atoms with Gasteiger partial charge >= 0.3 is 0 Å². The molecule has 5 fully saturated rings. The zero-order valence-corrected chi connectivity index (χ0v) is 24.6. The van der Waals surface area contributed by atoms with Crippen molar-refractivity contribution in [2.24, 2.45) is 28.2 Å². The Labute approximate surface area is 240 Å².